The number of anilines is 1. The summed E-state index contributed by atoms with van der Waals surface area (Å²) in [5.74, 6) is -0.726. The molecule has 94 valence electrons. The van der Waals surface area contributed by atoms with E-state index in [4.69, 9.17) is 5.11 Å². The molecule has 0 saturated carbocycles. The molecular formula is C14H21NO2. The number of nitrogens with zero attached hydrogens (tertiary/aromatic N) is 1. The van der Waals surface area contributed by atoms with Crippen LogP contribution in [0, 0.1) is 20.8 Å². The van der Waals surface area contributed by atoms with Crippen LogP contribution in [0.15, 0.2) is 12.1 Å². The Labute approximate surface area is 103 Å². The summed E-state index contributed by atoms with van der Waals surface area (Å²) >= 11 is 0. The Morgan fingerprint density at radius 1 is 1.24 bits per heavy atom. The van der Waals surface area contributed by atoms with Crippen molar-refractivity contribution in [2.24, 2.45) is 0 Å². The standard InChI is InChI=1S/C14H21NO2/c1-10-8-11(2)14(12(3)9-10)15(4)7-5-6-13(16)17/h8-9H,5-7H2,1-4H3,(H,16,17). The predicted molar refractivity (Wildman–Crippen MR) is 70.8 cm³/mol. The largest absolute Gasteiger partial charge is 0.481 e. The Hall–Kier alpha value is -1.51. The molecule has 0 spiro atoms. The molecule has 0 fully saturated rings. The van der Waals surface area contributed by atoms with Crippen LogP contribution in [0.3, 0.4) is 0 Å². The highest BCUT2D eigenvalue weighted by atomic mass is 16.4. The maximum absolute atomic E-state index is 10.5. The van der Waals surface area contributed by atoms with Crippen LogP contribution in [0.2, 0.25) is 0 Å². The SMILES string of the molecule is Cc1cc(C)c(N(C)CCCC(=O)O)c(C)c1. The third kappa shape index (κ3) is 3.77. The van der Waals surface area contributed by atoms with Gasteiger partial charge in [0.15, 0.2) is 0 Å². The summed E-state index contributed by atoms with van der Waals surface area (Å²) in [5.41, 5.74) is 4.99. The Morgan fingerprint density at radius 3 is 2.24 bits per heavy atom. The third-order valence-corrected chi connectivity index (χ3v) is 2.90. The van der Waals surface area contributed by atoms with Gasteiger partial charge in [0.2, 0.25) is 0 Å². The van der Waals surface area contributed by atoms with Crippen molar-refractivity contribution in [3.05, 3.63) is 28.8 Å². The van der Waals surface area contributed by atoms with Crippen LogP contribution in [0.4, 0.5) is 5.69 Å². The quantitative estimate of drug-likeness (QED) is 0.853. The molecule has 17 heavy (non-hydrogen) atoms. The minimum atomic E-state index is -0.726. The zero-order valence-electron chi connectivity index (χ0n) is 11.1. The van der Waals surface area contributed by atoms with Crippen LogP contribution in [0.25, 0.3) is 0 Å². The van der Waals surface area contributed by atoms with Gasteiger partial charge in [-0.3, -0.25) is 4.79 Å². The van der Waals surface area contributed by atoms with E-state index in [-0.39, 0.29) is 6.42 Å². The van der Waals surface area contributed by atoms with Crippen LogP contribution in [-0.4, -0.2) is 24.7 Å². The van der Waals surface area contributed by atoms with Crippen molar-refractivity contribution in [2.75, 3.05) is 18.5 Å². The fourth-order valence-electron chi connectivity index (χ4n) is 2.35. The molecule has 0 aliphatic heterocycles. The van der Waals surface area contributed by atoms with Crippen molar-refractivity contribution in [1.29, 1.82) is 0 Å². The summed E-state index contributed by atoms with van der Waals surface area (Å²) in [6.07, 6.45) is 0.910. The third-order valence-electron chi connectivity index (χ3n) is 2.90. The van der Waals surface area contributed by atoms with Gasteiger partial charge in [-0.2, -0.15) is 0 Å². The second-order valence-corrected chi connectivity index (χ2v) is 4.67. The monoisotopic (exact) mass is 235 g/mol. The number of aryl methyl sites for hydroxylation is 3. The second-order valence-electron chi connectivity index (χ2n) is 4.67. The Balaban J connectivity index is 2.75. The van der Waals surface area contributed by atoms with E-state index in [0.29, 0.717) is 6.42 Å². The number of carbonyl (C=O) groups is 1. The minimum absolute atomic E-state index is 0.230. The van der Waals surface area contributed by atoms with Crippen molar-refractivity contribution in [1.82, 2.24) is 0 Å². The molecule has 0 aliphatic rings. The van der Waals surface area contributed by atoms with E-state index in [1.165, 1.54) is 22.4 Å². The molecule has 3 heteroatoms. The van der Waals surface area contributed by atoms with Crippen molar-refractivity contribution < 1.29 is 9.90 Å². The van der Waals surface area contributed by atoms with Crippen LogP contribution >= 0.6 is 0 Å². The number of hydrogen-bond donors (Lipinski definition) is 1. The second kappa shape index (κ2) is 5.71. The lowest BCUT2D eigenvalue weighted by molar-refractivity contribution is -0.137. The van der Waals surface area contributed by atoms with Gasteiger partial charge in [-0.15, -0.1) is 0 Å². The first kappa shape index (κ1) is 13.6. The van der Waals surface area contributed by atoms with E-state index in [1.807, 2.05) is 7.05 Å². The van der Waals surface area contributed by atoms with Crippen molar-refractivity contribution in [2.45, 2.75) is 33.6 Å². The first-order valence-corrected chi connectivity index (χ1v) is 5.92. The molecule has 1 rings (SSSR count). The highest BCUT2D eigenvalue weighted by Gasteiger charge is 2.09. The average molecular weight is 235 g/mol. The molecule has 3 nitrogen and oxygen atoms in total. The van der Waals surface area contributed by atoms with E-state index in [0.717, 1.165) is 6.54 Å². The minimum Gasteiger partial charge on any atom is -0.481 e. The molecule has 0 unspecified atom stereocenters. The molecule has 0 radical (unpaired) electrons. The number of carboxylic acids is 1. The molecule has 1 aromatic carbocycles. The molecule has 1 aromatic rings. The van der Waals surface area contributed by atoms with Gasteiger partial charge in [-0.25, -0.2) is 0 Å². The van der Waals surface area contributed by atoms with Crippen molar-refractivity contribution in [3.8, 4) is 0 Å². The number of hydrogen-bond acceptors (Lipinski definition) is 2. The maximum Gasteiger partial charge on any atom is 0.303 e. The van der Waals surface area contributed by atoms with Gasteiger partial charge >= 0.3 is 5.97 Å². The van der Waals surface area contributed by atoms with Gasteiger partial charge in [0.25, 0.3) is 0 Å². The fraction of sp³-hybridized carbons (Fsp3) is 0.500. The zero-order valence-corrected chi connectivity index (χ0v) is 11.1. The zero-order chi connectivity index (χ0) is 13.0. The summed E-state index contributed by atoms with van der Waals surface area (Å²) in [4.78, 5) is 12.6. The van der Waals surface area contributed by atoms with Gasteiger partial charge in [-0.05, 0) is 38.3 Å². The van der Waals surface area contributed by atoms with Crippen LogP contribution in [-0.2, 0) is 4.79 Å². The van der Waals surface area contributed by atoms with Crippen LogP contribution < -0.4 is 4.90 Å². The first-order valence-electron chi connectivity index (χ1n) is 5.92. The molecule has 0 aromatic heterocycles. The summed E-state index contributed by atoms with van der Waals surface area (Å²) < 4.78 is 0. The lowest BCUT2D eigenvalue weighted by atomic mass is 10.0. The molecule has 0 atom stereocenters. The lowest BCUT2D eigenvalue weighted by Crippen LogP contribution is -2.21. The number of aliphatic carboxylic acids is 1. The summed E-state index contributed by atoms with van der Waals surface area (Å²) in [5, 5.41) is 8.62. The molecule has 0 heterocycles. The Bertz CT molecular complexity index is 390. The normalized spacial score (nSPS) is 10.4. The highest BCUT2D eigenvalue weighted by Crippen LogP contribution is 2.25. The van der Waals surface area contributed by atoms with Gasteiger partial charge in [0, 0.05) is 25.7 Å². The number of rotatable bonds is 5. The van der Waals surface area contributed by atoms with Gasteiger partial charge in [0.05, 0.1) is 0 Å². The molecule has 1 N–H and O–H groups in total. The van der Waals surface area contributed by atoms with Gasteiger partial charge in [0.1, 0.15) is 0 Å². The van der Waals surface area contributed by atoms with Gasteiger partial charge in [-0.1, -0.05) is 17.7 Å². The van der Waals surface area contributed by atoms with Crippen LogP contribution in [0.5, 0.6) is 0 Å². The maximum atomic E-state index is 10.5. The van der Waals surface area contributed by atoms with E-state index >= 15 is 0 Å². The molecule has 0 amide bonds. The van der Waals surface area contributed by atoms with Crippen molar-refractivity contribution >= 4 is 11.7 Å². The lowest BCUT2D eigenvalue weighted by Gasteiger charge is -2.24. The highest BCUT2D eigenvalue weighted by molar-refractivity contribution is 5.66. The topological polar surface area (TPSA) is 40.5 Å². The van der Waals surface area contributed by atoms with E-state index in [2.05, 4.69) is 37.8 Å². The Morgan fingerprint density at radius 2 is 1.76 bits per heavy atom. The predicted octanol–water partition coefficient (Wildman–Crippen LogP) is 2.91. The first-order chi connectivity index (χ1) is 7.91. The summed E-state index contributed by atoms with van der Waals surface area (Å²) in [6, 6.07) is 4.33. The number of carboxylic acid groups (broad SMARTS) is 1. The van der Waals surface area contributed by atoms with Crippen LogP contribution in [0.1, 0.15) is 29.5 Å². The average Bonchev–Trinajstić information content (AvgIpc) is 2.14. The van der Waals surface area contributed by atoms with Crippen molar-refractivity contribution in [3.63, 3.8) is 0 Å². The molecule has 0 saturated heterocycles. The summed E-state index contributed by atoms with van der Waals surface area (Å²) in [7, 11) is 2.02. The molecule has 0 bridgehead atoms. The van der Waals surface area contributed by atoms with E-state index < -0.39 is 5.97 Å². The fourth-order valence-corrected chi connectivity index (χ4v) is 2.35. The molecule has 0 aliphatic carbocycles. The van der Waals surface area contributed by atoms with E-state index in [9.17, 15) is 4.79 Å². The smallest absolute Gasteiger partial charge is 0.303 e. The van der Waals surface area contributed by atoms with Gasteiger partial charge < -0.3 is 10.0 Å². The molecular weight excluding hydrogens is 214 g/mol. The summed E-state index contributed by atoms with van der Waals surface area (Å²) in [6.45, 7) is 7.07. The Kier molecular flexibility index (Phi) is 4.55. The number of benzene rings is 1. The van der Waals surface area contributed by atoms with E-state index in [1.54, 1.807) is 0 Å².